The van der Waals surface area contributed by atoms with Crippen molar-refractivity contribution in [1.82, 2.24) is 10.2 Å². The molecule has 0 unspecified atom stereocenters. The van der Waals surface area contributed by atoms with Gasteiger partial charge in [-0.1, -0.05) is 43.9 Å². The number of piperazine rings is 1. The molecule has 1 heterocycles. The molecule has 6 heteroatoms. The molecule has 0 aromatic heterocycles. The topological polar surface area (TPSA) is 58.4 Å². The Bertz CT molecular complexity index is 504. The predicted molar refractivity (Wildman–Crippen MR) is 89.4 cm³/mol. The van der Waals surface area contributed by atoms with E-state index in [1.165, 1.54) is 12.8 Å². The van der Waals surface area contributed by atoms with E-state index in [-0.39, 0.29) is 16.8 Å². The lowest BCUT2D eigenvalue weighted by Crippen LogP contribution is -2.45. The van der Waals surface area contributed by atoms with Crippen LogP contribution in [0.3, 0.4) is 0 Å². The number of unbranched alkanes of at least 4 members (excludes halogenated alkanes) is 2. The minimum absolute atomic E-state index is 0.00907. The Morgan fingerprint density at radius 3 is 2.73 bits per heavy atom. The predicted octanol–water partition coefficient (Wildman–Crippen LogP) is 3.77. The van der Waals surface area contributed by atoms with E-state index < -0.39 is 4.92 Å². The third kappa shape index (κ3) is 4.41. The van der Waals surface area contributed by atoms with Crippen LogP contribution in [0, 0.1) is 10.1 Å². The van der Waals surface area contributed by atoms with Crippen molar-refractivity contribution in [3.8, 4) is 0 Å². The number of nitrogens with zero attached hydrogens (tertiary/aromatic N) is 2. The van der Waals surface area contributed by atoms with Crippen molar-refractivity contribution >= 4 is 17.3 Å². The molecule has 0 saturated carbocycles. The highest BCUT2D eigenvalue weighted by Crippen LogP contribution is 2.33. The van der Waals surface area contributed by atoms with E-state index in [1.54, 1.807) is 12.1 Å². The fraction of sp³-hybridized carbons (Fsp3) is 0.625. The first-order valence-corrected chi connectivity index (χ1v) is 8.40. The summed E-state index contributed by atoms with van der Waals surface area (Å²) in [6.07, 6.45) is 4.54. The molecule has 1 aliphatic rings. The molecule has 0 aliphatic carbocycles. The highest BCUT2D eigenvalue weighted by molar-refractivity contribution is 6.32. The molecule has 1 atom stereocenters. The molecule has 1 N–H and O–H groups in total. The largest absolute Gasteiger partial charge is 0.314 e. The van der Waals surface area contributed by atoms with Crippen LogP contribution in [-0.2, 0) is 0 Å². The number of benzene rings is 1. The summed E-state index contributed by atoms with van der Waals surface area (Å²) < 4.78 is 0. The Labute approximate surface area is 136 Å². The first kappa shape index (κ1) is 17.2. The van der Waals surface area contributed by atoms with Gasteiger partial charge in [-0.25, -0.2) is 0 Å². The van der Waals surface area contributed by atoms with Crippen LogP contribution < -0.4 is 5.32 Å². The fourth-order valence-electron chi connectivity index (χ4n) is 3.02. The molecule has 1 aliphatic heterocycles. The van der Waals surface area contributed by atoms with Crippen LogP contribution in [-0.4, -0.2) is 36.0 Å². The fourth-order valence-corrected chi connectivity index (χ4v) is 3.20. The smallest absolute Gasteiger partial charge is 0.288 e. The summed E-state index contributed by atoms with van der Waals surface area (Å²) in [5.74, 6) is 0. The van der Waals surface area contributed by atoms with Crippen molar-refractivity contribution in [2.24, 2.45) is 0 Å². The Hall–Kier alpha value is -1.17. The Morgan fingerprint density at radius 1 is 1.36 bits per heavy atom. The summed E-state index contributed by atoms with van der Waals surface area (Å²) in [4.78, 5) is 13.2. The average molecular weight is 326 g/mol. The van der Waals surface area contributed by atoms with Gasteiger partial charge in [-0.3, -0.25) is 15.0 Å². The quantitative estimate of drug-likeness (QED) is 0.471. The molecule has 0 amide bonds. The number of nitro groups is 1. The van der Waals surface area contributed by atoms with Crippen LogP contribution in [0.15, 0.2) is 18.2 Å². The Kier molecular flexibility index (Phi) is 6.61. The van der Waals surface area contributed by atoms with Crippen molar-refractivity contribution in [3.63, 3.8) is 0 Å². The Morgan fingerprint density at radius 2 is 2.09 bits per heavy atom. The summed E-state index contributed by atoms with van der Waals surface area (Å²) in [6, 6.07) is 5.49. The number of nitrogens with one attached hydrogen (secondary N) is 1. The summed E-state index contributed by atoms with van der Waals surface area (Å²) in [6.45, 7) is 6.09. The van der Waals surface area contributed by atoms with Crippen molar-refractivity contribution in [2.45, 2.75) is 38.6 Å². The van der Waals surface area contributed by atoms with Crippen LogP contribution in [0.1, 0.15) is 44.2 Å². The summed E-state index contributed by atoms with van der Waals surface area (Å²) >= 11 is 5.94. The average Bonchev–Trinajstić information content (AvgIpc) is 2.53. The second-order valence-electron chi connectivity index (χ2n) is 5.77. The molecular weight excluding hydrogens is 302 g/mol. The van der Waals surface area contributed by atoms with Gasteiger partial charge in [0.15, 0.2) is 0 Å². The van der Waals surface area contributed by atoms with Crippen molar-refractivity contribution < 1.29 is 4.92 Å². The second-order valence-corrected chi connectivity index (χ2v) is 6.17. The van der Waals surface area contributed by atoms with Gasteiger partial charge in [-0.05, 0) is 18.1 Å². The number of hydrogen-bond acceptors (Lipinski definition) is 4. The van der Waals surface area contributed by atoms with Crippen LogP contribution in [0.5, 0.6) is 0 Å². The zero-order chi connectivity index (χ0) is 15.9. The monoisotopic (exact) mass is 325 g/mol. The van der Waals surface area contributed by atoms with Gasteiger partial charge in [0, 0.05) is 38.3 Å². The molecular formula is C16H24ClN3O2. The van der Waals surface area contributed by atoms with Gasteiger partial charge in [0.1, 0.15) is 5.02 Å². The van der Waals surface area contributed by atoms with E-state index in [0.717, 1.165) is 44.6 Å². The maximum atomic E-state index is 11.1. The molecule has 2 rings (SSSR count). The normalized spacial score (nSPS) is 17.4. The SMILES string of the molecule is CCCCC[C@H](c1ccc(Cl)c([N+](=O)[O-])c1)N1CCNCC1. The van der Waals surface area contributed by atoms with E-state index in [2.05, 4.69) is 17.1 Å². The van der Waals surface area contributed by atoms with E-state index in [9.17, 15) is 10.1 Å². The van der Waals surface area contributed by atoms with E-state index in [4.69, 9.17) is 11.6 Å². The van der Waals surface area contributed by atoms with Gasteiger partial charge in [-0.15, -0.1) is 0 Å². The van der Waals surface area contributed by atoms with Crippen LogP contribution >= 0.6 is 11.6 Å². The minimum atomic E-state index is -0.396. The second kappa shape index (κ2) is 8.46. The number of rotatable bonds is 7. The van der Waals surface area contributed by atoms with E-state index in [0.29, 0.717) is 0 Å². The maximum absolute atomic E-state index is 11.1. The number of hydrogen-bond donors (Lipinski definition) is 1. The van der Waals surface area contributed by atoms with Crippen molar-refractivity contribution in [2.75, 3.05) is 26.2 Å². The van der Waals surface area contributed by atoms with Gasteiger partial charge in [-0.2, -0.15) is 0 Å². The zero-order valence-electron chi connectivity index (χ0n) is 13.1. The first-order valence-electron chi connectivity index (χ1n) is 8.02. The molecule has 0 radical (unpaired) electrons. The molecule has 1 saturated heterocycles. The molecule has 0 bridgehead atoms. The minimum Gasteiger partial charge on any atom is -0.314 e. The van der Waals surface area contributed by atoms with Gasteiger partial charge in [0.25, 0.3) is 5.69 Å². The summed E-state index contributed by atoms with van der Waals surface area (Å²) in [5, 5.41) is 14.7. The van der Waals surface area contributed by atoms with Gasteiger partial charge < -0.3 is 5.32 Å². The summed E-state index contributed by atoms with van der Waals surface area (Å²) in [7, 11) is 0. The van der Waals surface area contributed by atoms with Crippen LogP contribution in [0.2, 0.25) is 5.02 Å². The molecule has 122 valence electrons. The zero-order valence-corrected chi connectivity index (χ0v) is 13.8. The van der Waals surface area contributed by atoms with E-state index >= 15 is 0 Å². The van der Waals surface area contributed by atoms with Gasteiger partial charge >= 0.3 is 0 Å². The maximum Gasteiger partial charge on any atom is 0.288 e. The number of halogens is 1. The van der Waals surface area contributed by atoms with Crippen molar-refractivity contribution in [1.29, 1.82) is 0 Å². The van der Waals surface area contributed by atoms with Gasteiger partial charge in [0.2, 0.25) is 0 Å². The molecule has 5 nitrogen and oxygen atoms in total. The molecule has 1 fully saturated rings. The Balaban J connectivity index is 2.22. The lowest BCUT2D eigenvalue weighted by Gasteiger charge is -2.35. The molecule has 0 spiro atoms. The third-order valence-electron chi connectivity index (χ3n) is 4.23. The van der Waals surface area contributed by atoms with Gasteiger partial charge in [0.05, 0.1) is 4.92 Å². The third-order valence-corrected chi connectivity index (χ3v) is 4.54. The molecule has 1 aromatic rings. The lowest BCUT2D eigenvalue weighted by molar-refractivity contribution is -0.384. The molecule has 22 heavy (non-hydrogen) atoms. The lowest BCUT2D eigenvalue weighted by atomic mass is 9.97. The molecule has 1 aromatic carbocycles. The van der Waals surface area contributed by atoms with Crippen molar-refractivity contribution in [3.05, 3.63) is 38.9 Å². The van der Waals surface area contributed by atoms with E-state index in [1.807, 2.05) is 6.07 Å². The van der Waals surface area contributed by atoms with Crippen LogP contribution in [0.4, 0.5) is 5.69 Å². The highest BCUT2D eigenvalue weighted by Gasteiger charge is 2.24. The highest BCUT2D eigenvalue weighted by atomic mass is 35.5. The first-order chi connectivity index (χ1) is 10.6. The summed E-state index contributed by atoms with van der Waals surface area (Å²) in [5.41, 5.74) is 1.02. The number of nitro benzene ring substituents is 1. The standard InChI is InChI=1S/C16H24ClN3O2/c1-2-3-4-5-15(19-10-8-18-9-11-19)13-6-7-14(17)16(12-13)20(21)22/h6-7,12,15,18H,2-5,8-11H2,1H3/t15-/m1/s1. The van der Waals surface area contributed by atoms with Crippen LogP contribution in [0.25, 0.3) is 0 Å².